The second-order valence-electron chi connectivity index (χ2n) is 5.67. The SMILES string of the molecule is CCN(CC)c1ccc(/C=C2/Oc3c(ccc(O)c3O)C2=O)c(O)c1. The highest BCUT2D eigenvalue weighted by Gasteiger charge is 2.31. The summed E-state index contributed by atoms with van der Waals surface area (Å²) in [7, 11) is 0. The number of nitrogens with zero attached hydrogens (tertiary/aromatic N) is 1. The van der Waals surface area contributed by atoms with Gasteiger partial charge in [0.15, 0.2) is 17.3 Å². The standard InChI is InChI=1S/C19H19NO5/c1-3-20(4-2)12-6-5-11(15(22)10-12)9-16-17(23)13-7-8-14(21)18(24)19(13)25-16/h5-10,21-22,24H,3-4H2,1-2H3/b16-9+. The maximum atomic E-state index is 12.4. The first kappa shape index (κ1) is 16.7. The molecule has 0 bridgehead atoms. The molecule has 25 heavy (non-hydrogen) atoms. The van der Waals surface area contributed by atoms with Gasteiger partial charge in [-0.05, 0) is 44.2 Å². The molecular formula is C19H19NO5. The number of phenols is 3. The van der Waals surface area contributed by atoms with Gasteiger partial charge in [0.1, 0.15) is 5.75 Å². The summed E-state index contributed by atoms with van der Waals surface area (Å²) in [6.07, 6.45) is 1.42. The summed E-state index contributed by atoms with van der Waals surface area (Å²) in [6.45, 7) is 5.69. The summed E-state index contributed by atoms with van der Waals surface area (Å²) >= 11 is 0. The fourth-order valence-electron chi connectivity index (χ4n) is 2.81. The second kappa shape index (κ2) is 6.39. The van der Waals surface area contributed by atoms with Crippen molar-refractivity contribution in [2.45, 2.75) is 13.8 Å². The zero-order valence-corrected chi connectivity index (χ0v) is 14.0. The van der Waals surface area contributed by atoms with Crippen molar-refractivity contribution >= 4 is 17.5 Å². The number of aromatic hydroxyl groups is 3. The molecule has 130 valence electrons. The van der Waals surface area contributed by atoms with Crippen molar-refractivity contribution in [3.63, 3.8) is 0 Å². The number of hydrogen-bond donors (Lipinski definition) is 3. The van der Waals surface area contributed by atoms with E-state index in [9.17, 15) is 20.1 Å². The zero-order valence-electron chi connectivity index (χ0n) is 14.0. The smallest absolute Gasteiger partial charge is 0.232 e. The first-order chi connectivity index (χ1) is 12.0. The first-order valence-corrected chi connectivity index (χ1v) is 8.03. The molecular weight excluding hydrogens is 322 g/mol. The zero-order chi connectivity index (χ0) is 18.1. The predicted octanol–water partition coefficient (Wildman–Crippen LogP) is 3.27. The van der Waals surface area contributed by atoms with Crippen LogP contribution >= 0.6 is 0 Å². The third-order valence-electron chi connectivity index (χ3n) is 4.22. The molecule has 0 aromatic heterocycles. The fraction of sp³-hybridized carbons (Fsp3) is 0.211. The van der Waals surface area contributed by atoms with Crippen molar-refractivity contribution in [1.29, 1.82) is 0 Å². The van der Waals surface area contributed by atoms with Crippen LogP contribution in [0, 0.1) is 0 Å². The lowest BCUT2D eigenvalue weighted by molar-refractivity contribution is 0.101. The molecule has 0 spiro atoms. The molecule has 3 rings (SSSR count). The Labute approximate surface area is 145 Å². The Morgan fingerprint density at radius 2 is 1.76 bits per heavy atom. The number of carbonyl (C=O) groups excluding carboxylic acids is 1. The van der Waals surface area contributed by atoms with Crippen LogP contribution in [0.2, 0.25) is 0 Å². The second-order valence-corrected chi connectivity index (χ2v) is 5.67. The van der Waals surface area contributed by atoms with Crippen LogP contribution in [-0.2, 0) is 0 Å². The van der Waals surface area contributed by atoms with Gasteiger partial charge in [-0.2, -0.15) is 0 Å². The number of anilines is 1. The average molecular weight is 341 g/mol. The third-order valence-corrected chi connectivity index (χ3v) is 4.22. The number of Topliss-reactive ketones (excluding diaryl/α,β-unsaturated/α-hetero) is 1. The predicted molar refractivity (Wildman–Crippen MR) is 94.4 cm³/mol. The minimum atomic E-state index is -0.477. The molecule has 1 heterocycles. The summed E-state index contributed by atoms with van der Waals surface area (Å²) in [5.41, 5.74) is 1.48. The number of phenolic OH excluding ortho intramolecular Hbond substituents is 3. The topological polar surface area (TPSA) is 90.2 Å². The molecule has 6 nitrogen and oxygen atoms in total. The van der Waals surface area contributed by atoms with Crippen LogP contribution < -0.4 is 9.64 Å². The van der Waals surface area contributed by atoms with Crippen molar-refractivity contribution in [2.75, 3.05) is 18.0 Å². The lowest BCUT2D eigenvalue weighted by atomic mass is 10.1. The number of fused-ring (bicyclic) bond motifs is 1. The van der Waals surface area contributed by atoms with Crippen LogP contribution in [0.5, 0.6) is 23.0 Å². The van der Waals surface area contributed by atoms with Gasteiger partial charge in [0.25, 0.3) is 0 Å². The van der Waals surface area contributed by atoms with Crippen LogP contribution in [0.3, 0.4) is 0 Å². The number of ketones is 1. The number of benzene rings is 2. The van der Waals surface area contributed by atoms with Crippen LogP contribution in [0.25, 0.3) is 6.08 Å². The Morgan fingerprint density at radius 3 is 2.40 bits per heavy atom. The number of allylic oxidation sites excluding steroid dienone is 1. The van der Waals surface area contributed by atoms with Gasteiger partial charge in [0.05, 0.1) is 5.56 Å². The maximum Gasteiger partial charge on any atom is 0.232 e. The highest BCUT2D eigenvalue weighted by atomic mass is 16.5. The van der Waals surface area contributed by atoms with Crippen molar-refractivity contribution in [3.05, 3.63) is 47.2 Å². The monoisotopic (exact) mass is 341 g/mol. The van der Waals surface area contributed by atoms with E-state index < -0.39 is 11.5 Å². The Morgan fingerprint density at radius 1 is 1.04 bits per heavy atom. The molecule has 0 saturated heterocycles. The Kier molecular flexibility index (Phi) is 4.27. The number of rotatable bonds is 4. The summed E-state index contributed by atoms with van der Waals surface area (Å²) in [5, 5.41) is 29.6. The van der Waals surface area contributed by atoms with E-state index in [1.54, 1.807) is 12.1 Å². The molecule has 0 radical (unpaired) electrons. The lowest BCUT2D eigenvalue weighted by Gasteiger charge is -2.21. The van der Waals surface area contributed by atoms with E-state index >= 15 is 0 Å². The van der Waals surface area contributed by atoms with E-state index in [-0.39, 0.29) is 28.6 Å². The van der Waals surface area contributed by atoms with E-state index in [2.05, 4.69) is 4.90 Å². The molecule has 0 unspecified atom stereocenters. The Hall–Kier alpha value is -3.15. The van der Waals surface area contributed by atoms with E-state index in [1.165, 1.54) is 18.2 Å². The summed E-state index contributed by atoms with van der Waals surface area (Å²) < 4.78 is 5.39. The normalized spacial score (nSPS) is 14.5. The molecule has 0 aliphatic carbocycles. The van der Waals surface area contributed by atoms with Gasteiger partial charge >= 0.3 is 0 Å². The summed E-state index contributed by atoms with van der Waals surface area (Å²) in [5.74, 6) is -1.33. The van der Waals surface area contributed by atoms with Gasteiger partial charge in [0, 0.05) is 30.4 Å². The number of hydrogen-bond acceptors (Lipinski definition) is 6. The van der Waals surface area contributed by atoms with Gasteiger partial charge in [-0.1, -0.05) is 0 Å². The lowest BCUT2D eigenvalue weighted by Crippen LogP contribution is -2.21. The summed E-state index contributed by atoms with van der Waals surface area (Å²) in [4.78, 5) is 14.5. The van der Waals surface area contributed by atoms with Gasteiger partial charge < -0.3 is 25.0 Å². The first-order valence-electron chi connectivity index (χ1n) is 8.03. The maximum absolute atomic E-state index is 12.4. The van der Waals surface area contributed by atoms with Crippen LogP contribution in [-0.4, -0.2) is 34.2 Å². The molecule has 6 heteroatoms. The van der Waals surface area contributed by atoms with Crippen molar-refractivity contribution < 1.29 is 24.9 Å². The van der Waals surface area contributed by atoms with Crippen molar-refractivity contribution in [1.82, 2.24) is 0 Å². The average Bonchev–Trinajstić information content (AvgIpc) is 2.91. The van der Waals surface area contributed by atoms with Crippen molar-refractivity contribution in [2.24, 2.45) is 0 Å². The van der Waals surface area contributed by atoms with Crippen molar-refractivity contribution in [3.8, 4) is 23.0 Å². The molecule has 2 aromatic rings. The highest BCUT2D eigenvalue weighted by Crippen LogP contribution is 2.44. The summed E-state index contributed by atoms with van der Waals surface area (Å²) in [6, 6.07) is 7.81. The minimum Gasteiger partial charge on any atom is -0.507 e. The van der Waals surface area contributed by atoms with Gasteiger partial charge in [0.2, 0.25) is 11.5 Å². The van der Waals surface area contributed by atoms with Gasteiger partial charge in [-0.15, -0.1) is 0 Å². The number of ether oxygens (including phenoxy) is 1. The molecule has 0 atom stereocenters. The largest absolute Gasteiger partial charge is 0.507 e. The Balaban J connectivity index is 1.95. The molecule has 3 N–H and O–H groups in total. The van der Waals surface area contributed by atoms with Gasteiger partial charge in [-0.25, -0.2) is 0 Å². The fourth-order valence-corrected chi connectivity index (χ4v) is 2.81. The highest BCUT2D eigenvalue weighted by molar-refractivity contribution is 6.15. The van der Waals surface area contributed by atoms with E-state index in [4.69, 9.17) is 4.74 Å². The molecule has 1 aliphatic rings. The molecule has 0 amide bonds. The Bertz CT molecular complexity index is 868. The quantitative estimate of drug-likeness (QED) is 0.584. The molecule has 1 aliphatic heterocycles. The van der Waals surface area contributed by atoms with Crippen LogP contribution in [0.4, 0.5) is 5.69 Å². The molecule has 2 aromatic carbocycles. The molecule has 0 saturated carbocycles. The van der Waals surface area contributed by atoms with E-state index in [1.807, 2.05) is 19.9 Å². The number of carbonyl (C=O) groups is 1. The van der Waals surface area contributed by atoms with Crippen LogP contribution in [0.1, 0.15) is 29.8 Å². The van der Waals surface area contributed by atoms with E-state index in [0.29, 0.717) is 5.56 Å². The molecule has 0 fully saturated rings. The minimum absolute atomic E-state index is 0.0244. The van der Waals surface area contributed by atoms with Crippen LogP contribution in [0.15, 0.2) is 36.1 Å². The van der Waals surface area contributed by atoms with E-state index in [0.717, 1.165) is 18.8 Å². The van der Waals surface area contributed by atoms with Gasteiger partial charge in [-0.3, -0.25) is 4.79 Å². The third kappa shape index (κ3) is 2.87.